The molecular formula is C16H15N5O3S2. The predicted octanol–water partition coefficient (Wildman–Crippen LogP) is 3.32. The van der Waals surface area contributed by atoms with Gasteiger partial charge in [-0.3, -0.25) is 0 Å². The number of thioether (sulfide) groups is 1. The van der Waals surface area contributed by atoms with Gasteiger partial charge in [0.2, 0.25) is 11.2 Å². The lowest BCUT2D eigenvalue weighted by Gasteiger charge is -2.23. The van der Waals surface area contributed by atoms with Crippen molar-refractivity contribution in [1.82, 2.24) is 20.3 Å². The molecule has 0 amide bonds. The van der Waals surface area contributed by atoms with E-state index in [9.17, 15) is 0 Å². The third-order valence-corrected chi connectivity index (χ3v) is 5.41. The first-order valence-electron chi connectivity index (χ1n) is 7.84. The lowest BCUT2D eigenvalue weighted by Crippen LogP contribution is -2.21. The highest BCUT2D eigenvalue weighted by molar-refractivity contribution is 8.00. The van der Waals surface area contributed by atoms with Gasteiger partial charge in [-0.2, -0.15) is 4.98 Å². The lowest BCUT2D eigenvalue weighted by atomic mass is 10.2. The van der Waals surface area contributed by atoms with E-state index in [1.165, 1.54) is 23.1 Å². The van der Waals surface area contributed by atoms with E-state index >= 15 is 0 Å². The number of nitrogens with one attached hydrogen (secondary N) is 1. The molecule has 2 aromatic heterocycles. The van der Waals surface area contributed by atoms with Crippen LogP contribution < -0.4 is 14.8 Å². The standard InChI is InChI=1S/C16H15N5O3S2/c1-2-7-17-15-19-20-16(26-15)25-9-13-18-14(24-21-13)12-8-22-10-5-3-4-6-11(10)23-12/h2-6,12H,1,7-9H2,(H,17,19)/t12-/m1/s1. The Hall–Kier alpha value is -2.59. The van der Waals surface area contributed by atoms with Crippen molar-refractivity contribution in [3.63, 3.8) is 0 Å². The van der Waals surface area contributed by atoms with Crippen LogP contribution in [0.3, 0.4) is 0 Å². The van der Waals surface area contributed by atoms with Gasteiger partial charge in [-0.1, -0.05) is 46.5 Å². The molecule has 1 aromatic carbocycles. The number of fused-ring (bicyclic) bond motifs is 1. The number of para-hydroxylation sites is 2. The van der Waals surface area contributed by atoms with Gasteiger partial charge in [0.1, 0.15) is 6.61 Å². The fourth-order valence-electron chi connectivity index (χ4n) is 2.22. The van der Waals surface area contributed by atoms with E-state index in [1.54, 1.807) is 6.08 Å². The highest BCUT2D eigenvalue weighted by Gasteiger charge is 2.27. The Morgan fingerprint density at radius 3 is 3.08 bits per heavy atom. The second-order valence-electron chi connectivity index (χ2n) is 5.24. The van der Waals surface area contributed by atoms with Crippen LogP contribution in [0.15, 0.2) is 45.8 Å². The third kappa shape index (κ3) is 3.81. The maximum Gasteiger partial charge on any atom is 0.271 e. The summed E-state index contributed by atoms with van der Waals surface area (Å²) < 4.78 is 17.7. The van der Waals surface area contributed by atoms with E-state index < -0.39 is 6.10 Å². The zero-order valence-electron chi connectivity index (χ0n) is 13.6. The molecule has 1 aliphatic heterocycles. The van der Waals surface area contributed by atoms with E-state index in [1.807, 2.05) is 24.3 Å². The average molecular weight is 389 g/mol. The van der Waals surface area contributed by atoms with Gasteiger partial charge in [-0.15, -0.1) is 16.8 Å². The minimum absolute atomic E-state index is 0.334. The van der Waals surface area contributed by atoms with E-state index in [2.05, 4.69) is 32.2 Å². The molecule has 10 heteroatoms. The highest BCUT2D eigenvalue weighted by Crippen LogP contribution is 2.35. The van der Waals surface area contributed by atoms with Crippen molar-refractivity contribution in [2.45, 2.75) is 16.2 Å². The van der Waals surface area contributed by atoms with Crippen LogP contribution >= 0.6 is 23.1 Å². The summed E-state index contributed by atoms with van der Waals surface area (Å²) >= 11 is 2.97. The van der Waals surface area contributed by atoms with Crippen molar-refractivity contribution in [1.29, 1.82) is 0 Å². The molecule has 0 fully saturated rings. The Morgan fingerprint density at radius 1 is 1.31 bits per heavy atom. The number of hydrogen-bond acceptors (Lipinski definition) is 10. The Bertz CT molecular complexity index is 897. The number of hydrogen-bond donors (Lipinski definition) is 1. The molecule has 8 nitrogen and oxygen atoms in total. The van der Waals surface area contributed by atoms with E-state index in [4.69, 9.17) is 14.0 Å². The van der Waals surface area contributed by atoms with Gasteiger partial charge in [0, 0.05) is 6.54 Å². The molecule has 3 aromatic rings. The fraction of sp³-hybridized carbons (Fsp3) is 0.250. The smallest absolute Gasteiger partial charge is 0.271 e. The molecule has 0 aliphatic carbocycles. The minimum Gasteiger partial charge on any atom is -0.485 e. The zero-order valence-corrected chi connectivity index (χ0v) is 15.3. The van der Waals surface area contributed by atoms with Crippen molar-refractivity contribution in [2.24, 2.45) is 0 Å². The van der Waals surface area contributed by atoms with Crippen LogP contribution in [0, 0.1) is 0 Å². The zero-order chi connectivity index (χ0) is 17.8. The van der Waals surface area contributed by atoms with Gasteiger partial charge in [-0.05, 0) is 12.1 Å². The van der Waals surface area contributed by atoms with Crippen LogP contribution in [0.25, 0.3) is 0 Å². The molecule has 134 valence electrons. The highest BCUT2D eigenvalue weighted by atomic mass is 32.2. The quantitative estimate of drug-likeness (QED) is 0.482. The number of anilines is 1. The largest absolute Gasteiger partial charge is 0.485 e. The monoisotopic (exact) mass is 389 g/mol. The summed E-state index contributed by atoms with van der Waals surface area (Å²) in [6.07, 6.45) is 1.36. The van der Waals surface area contributed by atoms with Gasteiger partial charge in [0.15, 0.2) is 21.7 Å². The summed E-state index contributed by atoms with van der Waals surface area (Å²) in [6, 6.07) is 7.50. The van der Waals surface area contributed by atoms with Gasteiger partial charge < -0.3 is 19.3 Å². The van der Waals surface area contributed by atoms with Gasteiger partial charge in [-0.25, -0.2) is 0 Å². The maximum atomic E-state index is 5.87. The van der Waals surface area contributed by atoms with Crippen LogP contribution in [0.2, 0.25) is 0 Å². The predicted molar refractivity (Wildman–Crippen MR) is 97.8 cm³/mol. The first kappa shape index (κ1) is 16.9. The van der Waals surface area contributed by atoms with Crippen LogP contribution in [-0.4, -0.2) is 33.5 Å². The van der Waals surface area contributed by atoms with Crippen molar-refractivity contribution in [2.75, 3.05) is 18.5 Å². The molecule has 0 saturated carbocycles. The van der Waals surface area contributed by atoms with Crippen molar-refractivity contribution < 1.29 is 14.0 Å². The molecule has 1 atom stereocenters. The number of benzene rings is 1. The molecular weight excluding hydrogens is 374 g/mol. The molecule has 3 heterocycles. The molecule has 1 aliphatic rings. The van der Waals surface area contributed by atoms with Crippen molar-refractivity contribution in [3.05, 3.63) is 48.6 Å². The van der Waals surface area contributed by atoms with Crippen LogP contribution in [0.5, 0.6) is 11.5 Å². The normalized spacial score (nSPS) is 15.6. The maximum absolute atomic E-state index is 5.87. The minimum atomic E-state index is -0.410. The molecule has 26 heavy (non-hydrogen) atoms. The van der Waals surface area contributed by atoms with Crippen LogP contribution in [0.4, 0.5) is 5.13 Å². The van der Waals surface area contributed by atoms with Gasteiger partial charge in [0.25, 0.3) is 5.89 Å². The topological polar surface area (TPSA) is 95.2 Å². The Labute approximate surface area is 157 Å². The summed E-state index contributed by atoms with van der Waals surface area (Å²) in [5.74, 6) is 2.90. The van der Waals surface area contributed by atoms with Crippen LogP contribution in [-0.2, 0) is 5.75 Å². The molecule has 0 spiro atoms. The summed E-state index contributed by atoms with van der Waals surface area (Å²) in [7, 11) is 0. The molecule has 1 N–H and O–H groups in total. The molecule has 0 unspecified atom stereocenters. The van der Waals surface area contributed by atoms with Crippen molar-refractivity contribution in [3.8, 4) is 11.5 Å². The Balaban J connectivity index is 1.35. The number of rotatable bonds is 7. The number of ether oxygens (including phenoxy) is 2. The Morgan fingerprint density at radius 2 is 2.19 bits per heavy atom. The molecule has 0 bridgehead atoms. The van der Waals surface area contributed by atoms with Crippen molar-refractivity contribution >= 4 is 28.2 Å². The third-order valence-electron chi connectivity index (χ3n) is 3.40. The summed E-state index contributed by atoms with van der Waals surface area (Å²) in [5.41, 5.74) is 0. The van der Waals surface area contributed by atoms with E-state index in [0.717, 1.165) is 15.2 Å². The summed E-state index contributed by atoms with van der Waals surface area (Å²) in [5, 5.41) is 16.0. The molecule has 4 rings (SSSR count). The van der Waals surface area contributed by atoms with Gasteiger partial charge in [0.05, 0.1) is 5.75 Å². The molecule has 0 radical (unpaired) electrons. The average Bonchev–Trinajstić information content (AvgIpc) is 3.34. The first-order chi connectivity index (χ1) is 12.8. The summed E-state index contributed by atoms with van der Waals surface area (Å²) in [6.45, 7) is 4.64. The van der Waals surface area contributed by atoms with E-state index in [-0.39, 0.29) is 0 Å². The van der Waals surface area contributed by atoms with E-state index in [0.29, 0.717) is 36.4 Å². The number of aromatic nitrogens is 4. The first-order valence-corrected chi connectivity index (χ1v) is 9.64. The van der Waals surface area contributed by atoms with Crippen LogP contribution in [0.1, 0.15) is 17.8 Å². The number of nitrogens with zero attached hydrogens (tertiary/aromatic N) is 4. The lowest BCUT2D eigenvalue weighted by molar-refractivity contribution is 0.0665. The SMILES string of the molecule is C=CCNc1nnc(SCc2noc([C@H]3COc4ccccc4O3)n2)s1. The second-order valence-corrected chi connectivity index (χ2v) is 7.44. The fourth-order valence-corrected chi connectivity index (χ4v) is 3.83. The Kier molecular flexibility index (Phi) is 5.02. The second kappa shape index (κ2) is 7.75. The summed E-state index contributed by atoms with van der Waals surface area (Å²) in [4.78, 5) is 4.40. The molecule has 0 saturated heterocycles. The van der Waals surface area contributed by atoms with Gasteiger partial charge >= 0.3 is 0 Å².